The van der Waals surface area contributed by atoms with Crippen molar-refractivity contribution >= 4 is 10.0 Å². The predicted octanol–water partition coefficient (Wildman–Crippen LogP) is 8.71. The van der Waals surface area contributed by atoms with E-state index in [1.807, 2.05) is 67.6 Å². The van der Waals surface area contributed by atoms with Crippen molar-refractivity contribution in [3.8, 4) is 0 Å². The van der Waals surface area contributed by atoms with Crippen molar-refractivity contribution in [1.82, 2.24) is 0 Å². The molecule has 0 aliphatic rings. The second-order valence-electron chi connectivity index (χ2n) is 9.20. The standard InChI is InChI=1S/C21H20N2O2S.C10H14.Os/c1-16-12-14-19(15-13-16)26(24,25)23-21(18-10-6-3-7-11-18)20(22)17-8-4-2-5-9-17;1-8(2)10-6-4-9(3)5-7-10;/h2-15,20-22H,1H3;4-8H,1-3H3;/q-2;;+2. The second-order valence-corrected chi connectivity index (χ2v) is 10.8. The molecule has 4 rings (SSSR count). The molecule has 0 saturated carbocycles. The molecule has 1 N–H and O–H groups in total. The van der Waals surface area contributed by atoms with E-state index in [0.717, 1.165) is 11.1 Å². The SMILES string of the molecule is Cc1ccc(C(C)C)cc1.Cc1ccc(S(=O)(=O)[N-]C(c2ccccc2)C([NH-])c2ccccc2)cc1.[Os+2]. The molecule has 0 fully saturated rings. The summed E-state index contributed by atoms with van der Waals surface area (Å²) in [4.78, 5) is 0.143. The molecule has 2 unspecified atom stereocenters. The van der Waals surface area contributed by atoms with Gasteiger partial charge < -0.3 is 10.5 Å². The van der Waals surface area contributed by atoms with Crippen LogP contribution >= 0.6 is 0 Å². The number of benzene rings is 4. The van der Waals surface area contributed by atoms with Gasteiger partial charge in [0, 0.05) is 4.90 Å². The van der Waals surface area contributed by atoms with Crippen LogP contribution in [0, 0.1) is 13.8 Å². The summed E-state index contributed by atoms with van der Waals surface area (Å²) >= 11 is 0. The average molecular weight is 689 g/mol. The zero-order chi connectivity index (χ0) is 26.1. The molecule has 4 nitrogen and oxygen atoms in total. The Balaban J connectivity index is 0.000000369. The molecule has 0 spiro atoms. The number of hydrogen-bond donors (Lipinski definition) is 0. The molecular formula is C31H34N2O2OsS. The van der Waals surface area contributed by atoms with Crippen LogP contribution in [0.2, 0.25) is 0 Å². The van der Waals surface area contributed by atoms with E-state index in [4.69, 9.17) is 5.73 Å². The summed E-state index contributed by atoms with van der Waals surface area (Å²) in [6.45, 7) is 8.44. The van der Waals surface area contributed by atoms with Gasteiger partial charge in [-0.2, -0.15) is 0 Å². The minimum Gasteiger partial charge on any atom is -0.672 e. The summed E-state index contributed by atoms with van der Waals surface area (Å²) in [7, 11) is -3.87. The van der Waals surface area contributed by atoms with Gasteiger partial charge >= 0.3 is 19.8 Å². The normalized spacial score (nSPS) is 12.6. The molecule has 0 aromatic heterocycles. The number of nitrogens with zero attached hydrogens (tertiary/aromatic N) is 1. The van der Waals surface area contributed by atoms with E-state index in [1.54, 1.807) is 24.3 Å². The van der Waals surface area contributed by atoms with Crippen molar-refractivity contribution in [2.45, 2.75) is 50.6 Å². The fourth-order valence-corrected chi connectivity index (χ4v) is 4.82. The fourth-order valence-electron chi connectivity index (χ4n) is 3.68. The monoisotopic (exact) mass is 690 g/mol. The predicted molar refractivity (Wildman–Crippen MR) is 150 cm³/mol. The van der Waals surface area contributed by atoms with Gasteiger partial charge in [-0.15, -0.1) is 12.1 Å². The molecule has 4 aromatic rings. The maximum atomic E-state index is 12.8. The molecule has 2 atom stereocenters. The third kappa shape index (κ3) is 9.02. The zero-order valence-electron chi connectivity index (χ0n) is 21.6. The summed E-state index contributed by atoms with van der Waals surface area (Å²) < 4.78 is 29.8. The molecule has 0 aliphatic heterocycles. The fraction of sp³-hybridized carbons (Fsp3) is 0.226. The van der Waals surface area contributed by atoms with Crippen molar-refractivity contribution in [2.75, 3.05) is 0 Å². The topological polar surface area (TPSA) is 72.0 Å². The molecule has 4 aromatic carbocycles. The molecule has 0 amide bonds. The molecule has 194 valence electrons. The van der Waals surface area contributed by atoms with Crippen LogP contribution in [0.5, 0.6) is 0 Å². The van der Waals surface area contributed by atoms with Gasteiger partial charge in [0.15, 0.2) is 0 Å². The number of aryl methyl sites for hydroxylation is 2. The molecular weight excluding hydrogens is 655 g/mol. The average Bonchev–Trinajstić information content (AvgIpc) is 2.89. The summed E-state index contributed by atoms with van der Waals surface area (Å²) in [5, 5.41) is 0. The van der Waals surface area contributed by atoms with Gasteiger partial charge in [0.2, 0.25) is 0 Å². The van der Waals surface area contributed by atoms with Crippen LogP contribution in [0.4, 0.5) is 0 Å². The van der Waals surface area contributed by atoms with E-state index in [-0.39, 0.29) is 24.7 Å². The zero-order valence-corrected chi connectivity index (χ0v) is 25.0. The molecule has 0 saturated heterocycles. The minimum atomic E-state index is -3.87. The van der Waals surface area contributed by atoms with Gasteiger partial charge in [-0.05, 0) is 37.5 Å². The van der Waals surface area contributed by atoms with Crippen molar-refractivity contribution < 1.29 is 28.2 Å². The first-order chi connectivity index (χ1) is 17.2. The quantitative estimate of drug-likeness (QED) is 0.195. The Labute approximate surface area is 235 Å². The van der Waals surface area contributed by atoms with E-state index in [1.165, 1.54) is 11.1 Å². The smallest absolute Gasteiger partial charge is 0.672 e. The van der Waals surface area contributed by atoms with Crippen LogP contribution < -0.4 is 0 Å². The molecule has 6 heteroatoms. The van der Waals surface area contributed by atoms with Crippen LogP contribution in [-0.2, 0) is 29.8 Å². The minimum absolute atomic E-state index is 0. The van der Waals surface area contributed by atoms with E-state index in [2.05, 4.69) is 49.8 Å². The Morgan fingerprint density at radius 1 is 0.622 bits per heavy atom. The van der Waals surface area contributed by atoms with Crippen LogP contribution in [0.15, 0.2) is 114 Å². The molecule has 0 radical (unpaired) electrons. The van der Waals surface area contributed by atoms with E-state index in [9.17, 15) is 8.42 Å². The van der Waals surface area contributed by atoms with Crippen molar-refractivity contribution in [2.24, 2.45) is 0 Å². The van der Waals surface area contributed by atoms with Crippen LogP contribution in [0.3, 0.4) is 0 Å². The Morgan fingerprint density at radius 3 is 1.51 bits per heavy atom. The number of hydrogen-bond acceptors (Lipinski definition) is 2. The first kappa shape index (κ1) is 30.6. The maximum absolute atomic E-state index is 12.8. The third-order valence-corrected chi connectivity index (χ3v) is 7.30. The first-order valence-electron chi connectivity index (χ1n) is 12.1. The molecule has 37 heavy (non-hydrogen) atoms. The number of rotatable bonds is 7. The van der Waals surface area contributed by atoms with E-state index >= 15 is 0 Å². The third-order valence-electron chi connectivity index (χ3n) is 5.93. The maximum Gasteiger partial charge on any atom is 2.00 e. The van der Waals surface area contributed by atoms with Gasteiger partial charge in [0.05, 0.1) is 0 Å². The van der Waals surface area contributed by atoms with Crippen LogP contribution in [0.1, 0.15) is 59.7 Å². The summed E-state index contributed by atoms with van der Waals surface area (Å²) in [6.07, 6.45) is 0. The Morgan fingerprint density at radius 2 is 1.05 bits per heavy atom. The summed E-state index contributed by atoms with van der Waals surface area (Å²) in [6, 6.07) is 32.0. The Bertz CT molecular complexity index is 1310. The number of nitrogens with one attached hydrogen (secondary N) is 1. The van der Waals surface area contributed by atoms with Gasteiger partial charge in [-0.25, -0.2) is 8.42 Å². The van der Waals surface area contributed by atoms with Crippen LogP contribution in [-0.4, -0.2) is 8.42 Å². The summed E-state index contributed by atoms with van der Waals surface area (Å²) in [5.41, 5.74) is 13.8. The summed E-state index contributed by atoms with van der Waals surface area (Å²) in [5.74, 6) is 0.653. The number of sulfonamides is 1. The van der Waals surface area contributed by atoms with Crippen molar-refractivity contribution in [3.63, 3.8) is 0 Å². The molecule has 0 heterocycles. The first-order valence-corrected chi connectivity index (χ1v) is 13.5. The van der Waals surface area contributed by atoms with E-state index in [0.29, 0.717) is 11.5 Å². The van der Waals surface area contributed by atoms with Crippen molar-refractivity contribution in [1.29, 1.82) is 0 Å². The van der Waals surface area contributed by atoms with Crippen molar-refractivity contribution in [3.05, 3.63) is 147 Å². The second kappa shape index (κ2) is 14.4. The Hall–Kier alpha value is -2.61. The van der Waals surface area contributed by atoms with Crippen LogP contribution in [0.25, 0.3) is 10.5 Å². The van der Waals surface area contributed by atoms with E-state index < -0.39 is 22.1 Å². The molecule has 0 bridgehead atoms. The van der Waals surface area contributed by atoms with Gasteiger partial charge in [-0.3, -0.25) is 0 Å². The molecule has 0 aliphatic carbocycles. The Kier molecular flexibility index (Phi) is 11.9. The van der Waals surface area contributed by atoms with Gasteiger partial charge in [0.1, 0.15) is 10.0 Å². The van der Waals surface area contributed by atoms with Gasteiger partial charge in [-0.1, -0.05) is 133 Å². The van der Waals surface area contributed by atoms with Gasteiger partial charge in [0.25, 0.3) is 0 Å². The largest absolute Gasteiger partial charge is 2.00 e.